The van der Waals surface area contributed by atoms with E-state index >= 15 is 0 Å². The van der Waals surface area contributed by atoms with Crippen molar-refractivity contribution in [1.82, 2.24) is 15.1 Å². The second kappa shape index (κ2) is 5.53. The van der Waals surface area contributed by atoms with E-state index in [1.165, 1.54) is 0 Å². The van der Waals surface area contributed by atoms with E-state index in [9.17, 15) is 4.79 Å². The van der Waals surface area contributed by atoms with Crippen molar-refractivity contribution in [3.05, 3.63) is 12.4 Å². The Morgan fingerprint density at radius 3 is 2.62 bits per heavy atom. The highest BCUT2D eigenvalue weighted by molar-refractivity contribution is 5.80. The summed E-state index contributed by atoms with van der Waals surface area (Å²) >= 11 is 0. The number of nitrogens with zero attached hydrogens (tertiary/aromatic N) is 2. The molecule has 16 heavy (non-hydrogen) atoms. The Labute approximate surface area is 96.0 Å². The number of carbonyl (C=O) groups excluding carboxylic acids is 1. The molecule has 0 spiro atoms. The second-order valence-electron chi connectivity index (χ2n) is 3.95. The molecule has 1 aromatic rings. The lowest BCUT2D eigenvalue weighted by Gasteiger charge is -2.18. The molecule has 0 aliphatic heterocycles. The molecular formula is C11H20N4O. The maximum atomic E-state index is 11.9. The molecule has 0 radical (unpaired) electrons. The predicted molar refractivity (Wildman–Crippen MR) is 63.9 cm³/mol. The van der Waals surface area contributed by atoms with Crippen LogP contribution in [0.4, 0.5) is 5.69 Å². The van der Waals surface area contributed by atoms with E-state index in [-0.39, 0.29) is 18.0 Å². The first kappa shape index (κ1) is 12.5. The summed E-state index contributed by atoms with van der Waals surface area (Å²) in [6.45, 7) is 5.93. The molecule has 90 valence electrons. The van der Waals surface area contributed by atoms with Crippen LogP contribution in [0.1, 0.15) is 39.7 Å². The van der Waals surface area contributed by atoms with E-state index in [2.05, 4.69) is 24.3 Å². The fourth-order valence-corrected chi connectivity index (χ4v) is 1.50. The minimum Gasteiger partial charge on any atom is -0.396 e. The van der Waals surface area contributed by atoms with Gasteiger partial charge in [-0.05, 0) is 19.8 Å². The van der Waals surface area contributed by atoms with Crippen LogP contribution in [0.15, 0.2) is 12.4 Å². The number of rotatable bonds is 5. The van der Waals surface area contributed by atoms with Gasteiger partial charge in [0, 0.05) is 12.2 Å². The molecule has 0 fully saturated rings. The molecule has 5 heteroatoms. The molecule has 1 atom stereocenters. The van der Waals surface area contributed by atoms with Gasteiger partial charge in [-0.3, -0.25) is 9.48 Å². The van der Waals surface area contributed by atoms with E-state index < -0.39 is 0 Å². The molecule has 0 saturated heterocycles. The summed E-state index contributed by atoms with van der Waals surface area (Å²) in [7, 11) is 0. The van der Waals surface area contributed by atoms with Crippen molar-refractivity contribution in [1.29, 1.82) is 0 Å². The van der Waals surface area contributed by atoms with Crippen LogP contribution < -0.4 is 11.1 Å². The Hall–Kier alpha value is -1.52. The van der Waals surface area contributed by atoms with Gasteiger partial charge in [0.2, 0.25) is 5.91 Å². The average Bonchev–Trinajstić information content (AvgIpc) is 2.71. The molecule has 0 aliphatic carbocycles. The number of carbonyl (C=O) groups is 1. The van der Waals surface area contributed by atoms with Gasteiger partial charge < -0.3 is 11.1 Å². The summed E-state index contributed by atoms with van der Waals surface area (Å²) in [4.78, 5) is 11.9. The lowest BCUT2D eigenvalue weighted by atomic mass is 10.1. The third kappa shape index (κ3) is 2.98. The third-order valence-electron chi connectivity index (χ3n) is 2.73. The molecule has 1 aromatic heterocycles. The largest absolute Gasteiger partial charge is 0.396 e. The number of nitrogens with two attached hydrogens (primary N) is 1. The summed E-state index contributed by atoms with van der Waals surface area (Å²) < 4.78 is 1.58. The standard InChI is InChI=1S/C11H20N4O/c1-4-10(5-2)14-11(16)8(3)15-7-9(12)6-13-15/h6-8,10H,4-5,12H2,1-3H3,(H,14,16). The van der Waals surface area contributed by atoms with E-state index in [0.29, 0.717) is 5.69 Å². The van der Waals surface area contributed by atoms with Crippen LogP contribution in [0.3, 0.4) is 0 Å². The number of anilines is 1. The first-order valence-corrected chi connectivity index (χ1v) is 5.68. The number of aromatic nitrogens is 2. The van der Waals surface area contributed by atoms with Crippen molar-refractivity contribution in [3.63, 3.8) is 0 Å². The number of hydrogen-bond donors (Lipinski definition) is 2. The lowest BCUT2D eigenvalue weighted by molar-refractivity contribution is -0.124. The molecule has 0 aromatic carbocycles. The third-order valence-corrected chi connectivity index (χ3v) is 2.73. The van der Waals surface area contributed by atoms with Gasteiger partial charge in [-0.2, -0.15) is 5.10 Å². The van der Waals surface area contributed by atoms with Crippen molar-refractivity contribution in [2.45, 2.75) is 45.7 Å². The van der Waals surface area contributed by atoms with Gasteiger partial charge in [-0.1, -0.05) is 13.8 Å². The van der Waals surface area contributed by atoms with E-state index in [1.807, 2.05) is 6.92 Å². The molecule has 0 bridgehead atoms. The van der Waals surface area contributed by atoms with E-state index in [1.54, 1.807) is 17.1 Å². The fraction of sp³-hybridized carbons (Fsp3) is 0.636. The quantitative estimate of drug-likeness (QED) is 0.792. The molecule has 1 rings (SSSR count). The summed E-state index contributed by atoms with van der Waals surface area (Å²) in [6.07, 6.45) is 5.09. The van der Waals surface area contributed by atoms with Crippen LogP contribution in [-0.2, 0) is 4.79 Å². The molecule has 0 saturated carbocycles. The Kier molecular flexibility index (Phi) is 4.34. The zero-order valence-corrected chi connectivity index (χ0v) is 10.1. The SMILES string of the molecule is CCC(CC)NC(=O)C(C)n1cc(N)cn1. The molecule has 1 heterocycles. The summed E-state index contributed by atoms with van der Waals surface area (Å²) in [6, 6.07) is -0.0826. The van der Waals surface area contributed by atoms with Crippen LogP contribution in [0.2, 0.25) is 0 Å². The van der Waals surface area contributed by atoms with Gasteiger partial charge in [0.15, 0.2) is 0 Å². The summed E-state index contributed by atoms with van der Waals surface area (Å²) in [5, 5.41) is 7.01. The predicted octanol–water partition coefficient (Wildman–Crippen LogP) is 1.33. The molecule has 0 aliphatic rings. The van der Waals surface area contributed by atoms with Crippen molar-refractivity contribution in [3.8, 4) is 0 Å². The second-order valence-corrected chi connectivity index (χ2v) is 3.95. The van der Waals surface area contributed by atoms with Gasteiger partial charge >= 0.3 is 0 Å². The number of nitrogens with one attached hydrogen (secondary N) is 1. The topological polar surface area (TPSA) is 72.9 Å². The van der Waals surface area contributed by atoms with Crippen LogP contribution in [-0.4, -0.2) is 21.7 Å². The first-order chi connectivity index (χ1) is 7.58. The van der Waals surface area contributed by atoms with Gasteiger partial charge in [0.1, 0.15) is 6.04 Å². The molecular weight excluding hydrogens is 204 g/mol. The lowest BCUT2D eigenvalue weighted by Crippen LogP contribution is -2.38. The Bertz CT molecular complexity index is 344. The minimum atomic E-state index is -0.321. The van der Waals surface area contributed by atoms with Gasteiger partial charge in [-0.15, -0.1) is 0 Å². The van der Waals surface area contributed by atoms with Crippen LogP contribution >= 0.6 is 0 Å². The zero-order valence-electron chi connectivity index (χ0n) is 10.1. The van der Waals surface area contributed by atoms with Crippen LogP contribution in [0, 0.1) is 0 Å². The van der Waals surface area contributed by atoms with E-state index in [4.69, 9.17) is 5.73 Å². The fourth-order valence-electron chi connectivity index (χ4n) is 1.50. The van der Waals surface area contributed by atoms with Crippen LogP contribution in [0.5, 0.6) is 0 Å². The van der Waals surface area contributed by atoms with Crippen molar-refractivity contribution in [2.24, 2.45) is 0 Å². The maximum Gasteiger partial charge on any atom is 0.244 e. The summed E-state index contributed by atoms with van der Waals surface area (Å²) in [5.74, 6) is -0.0169. The molecule has 3 N–H and O–H groups in total. The first-order valence-electron chi connectivity index (χ1n) is 5.68. The molecule has 1 amide bonds. The molecule has 5 nitrogen and oxygen atoms in total. The smallest absolute Gasteiger partial charge is 0.244 e. The Morgan fingerprint density at radius 2 is 2.19 bits per heavy atom. The highest BCUT2D eigenvalue weighted by Crippen LogP contribution is 2.08. The van der Waals surface area contributed by atoms with Gasteiger partial charge in [0.25, 0.3) is 0 Å². The molecule has 1 unspecified atom stereocenters. The number of amides is 1. The Balaban J connectivity index is 2.60. The van der Waals surface area contributed by atoms with Crippen LogP contribution in [0.25, 0.3) is 0 Å². The average molecular weight is 224 g/mol. The number of nitrogen functional groups attached to an aromatic ring is 1. The normalized spacial score (nSPS) is 12.8. The van der Waals surface area contributed by atoms with Gasteiger partial charge in [-0.25, -0.2) is 0 Å². The highest BCUT2D eigenvalue weighted by Gasteiger charge is 2.17. The maximum absolute atomic E-state index is 11.9. The Morgan fingerprint density at radius 1 is 1.56 bits per heavy atom. The van der Waals surface area contributed by atoms with Crippen molar-refractivity contribution in [2.75, 3.05) is 5.73 Å². The minimum absolute atomic E-state index is 0.0169. The van der Waals surface area contributed by atoms with Crippen molar-refractivity contribution < 1.29 is 4.79 Å². The summed E-state index contributed by atoms with van der Waals surface area (Å²) in [5.41, 5.74) is 6.13. The van der Waals surface area contributed by atoms with E-state index in [0.717, 1.165) is 12.8 Å². The monoisotopic (exact) mass is 224 g/mol. The van der Waals surface area contributed by atoms with Gasteiger partial charge in [0.05, 0.1) is 11.9 Å². The number of hydrogen-bond acceptors (Lipinski definition) is 3. The van der Waals surface area contributed by atoms with Crippen molar-refractivity contribution >= 4 is 11.6 Å². The highest BCUT2D eigenvalue weighted by atomic mass is 16.2. The zero-order chi connectivity index (χ0) is 12.1.